The number of nitrogens with one attached hydrogen (secondary N) is 4. The largest absolute Gasteiger partial charge is 0.394 e. The lowest BCUT2D eigenvalue weighted by Gasteiger charge is -2.51. The molecule has 0 aromatic heterocycles. The van der Waals surface area contributed by atoms with Crippen LogP contribution in [0.3, 0.4) is 0 Å². The highest BCUT2D eigenvalue weighted by Crippen LogP contribution is 2.42. The average molecular weight is 1450 g/mol. The smallest absolute Gasteiger partial charge is 0.187 e. The lowest BCUT2D eigenvalue weighted by molar-refractivity contribution is -0.320. The van der Waals surface area contributed by atoms with Crippen molar-refractivity contribution in [3.05, 3.63) is 144 Å². The molecule has 0 amide bonds. The lowest BCUT2D eigenvalue weighted by Crippen LogP contribution is -2.68. The van der Waals surface area contributed by atoms with Gasteiger partial charge in [0, 0.05) is 69.9 Å². The first kappa shape index (κ1) is 80.0. The fourth-order valence-corrected chi connectivity index (χ4v) is 15.6. The van der Waals surface area contributed by atoms with Gasteiger partial charge in [0.05, 0.1) is 43.1 Å². The molecule has 4 aromatic rings. The van der Waals surface area contributed by atoms with E-state index in [9.17, 15) is 51.1 Å². The molecule has 103 heavy (non-hydrogen) atoms. The molecule has 4 aromatic carbocycles. The van der Waals surface area contributed by atoms with Gasteiger partial charge in [0.25, 0.3) is 0 Å². The Bertz CT molecular complexity index is 3260. The van der Waals surface area contributed by atoms with Gasteiger partial charge < -0.3 is 133 Å². The van der Waals surface area contributed by atoms with Gasteiger partial charge in [-0.3, -0.25) is 9.80 Å². The standard InChI is InChI=1S/C73H112N12O18/c1-7-46-55(87)68(96-39-72(46,4)94)101-63-48(81-34-43-22-14-9-15-23-43)32-47(80-33-42-20-12-8-13-21-42)62(61(63)93)100-66-49(28-29-50(98-66)40(2)84(6)35-44-24-16-10-17-25-44)85(36-45-26-18-11-19-27-45)31-30-79-38-73(95)41(3)97-69(65(73)103-67-54(78-5)59(91)56(88)51(37-86)99-67)102-64-53(83-71(76)77)57(89)52(82-70(74)75)58(90)60(64)92/h8-27,40-41,46-69,78-81,86-95H,7,28-39H2,1-6H3,(H4,74,75,82)(H4,76,77,83)/t40?,41-,46-,47+,48?,49-,50+,51?,52?,53+,54?,55-,56+,57?,58-,59-,60-,61+,62?,63?,64?,65?,66?,67+,68?,69+,72+,73+/m1/s1. The van der Waals surface area contributed by atoms with Crippen molar-refractivity contribution in [1.82, 2.24) is 31.1 Å². The minimum absolute atomic E-state index is 0.110. The highest BCUT2D eigenvalue weighted by Gasteiger charge is 2.61. The predicted octanol–water partition coefficient (Wildman–Crippen LogP) is -2.53. The summed E-state index contributed by atoms with van der Waals surface area (Å²) in [6.45, 7) is 8.39. The van der Waals surface area contributed by atoms with Crippen molar-refractivity contribution in [3.8, 4) is 0 Å². The fraction of sp³-hybridized carbons (Fsp3) is 0.644. The molecule has 4 aliphatic heterocycles. The van der Waals surface area contributed by atoms with Gasteiger partial charge in [0.2, 0.25) is 0 Å². The zero-order chi connectivity index (χ0) is 73.9. The second kappa shape index (κ2) is 36.4. The van der Waals surface area contributed by atoms with Gasteiger partial charge in [-0.2, -0.15) is 0 Å². The molecular formula is C73H112N12O18. The van der Waals surface area contributed by atoms with Crippen LogP contribution in [0.5, 0.6) is 0 Å². The van der Waals surface area contributed by atoms with E-state index in [0.29, 0.717) is 51.9 Å². The van der Waals surface area contributed by atoms with Crippen LogP contribution in [-0.2, 0) is 64.1 Å². The monoisotopic (exact) mass is 1440 g/mol. The van der Waals surface area contributed by atoms with Gasteiger partial charge >= 0.3 is 0 Å². The van der Waals surface area contributed by atoms with Crippen LogP contribution < -0.4 is 44.2 Å². The molecule has 572 valence electrons. The first-order valence-electron chi connectivity index (χ1n) is 36.0. The Hall–Kier alpha value is -5.54. The molecule has 6 aliphatic rings. The predicted molar refractivity (Wildman–Crippen MR) is 380 cm³/mol. The molecule has 12 unspecified atom stereocenters. The summed E-state index contributed by atoms with van der Waals surface area (Å²) in [7, 11) is 3.55. The van der Waals surface area contributed by atoms with E-state index >= 15 is 0 Å². The van der Waals surface area contributed by atoms with Gasteiger partial charge in [0.1, 0.15) is 90.9 Å². The Morgan fingerprint density at radius 1 is 0.621 bits per heavy atom. The van der Waals surface area contributed by atoms with Crippen molar-refractivity contribution in [2.75, 3.05) is 46.9 Å². The van der Waals surface area contributed by atoms with E-state index in [1.165, 1.54) is 7.05 Å². The molecule has 0 bridgehead atoms. The fourth-order valence-electron chi connectivity index (χ4n) is 15.6. The van der Waals surface area contributed by atoms with Crippen molar-refractivity contribution < 1.29 is 89.0 Å². The number of aliphatic hydroxyl groups excluding tert-OH is 8. The van der Waals surface area contributed by atoms with E-state index in [2.05, 4.69) is 67.2 Å². The van der Waals surface area contributed by atoms with E-state index in [4.69, 9.17) is 60.8 Å². The quantitative estimate of drug-likeness (QED) is 0.0140. The van der Waals surface area contributed by atoms with Crippen LogP contribution in [0.15, 0.2) is 131 Å². The summed E-state index contributed by atoms with van der Waals surface area (Å²) in [5, 5.41) is 132. The molecule has 0 radical (unpaired) electrons. The van der Waals surface area contributed by atoms with Gasteiger partial charge in [-0.15, -0.1) is 0 Å². The first-order chi connectivity index (χ1) is 49.3. The highest BCUT2D eigenvalue weighted by atomic mass is 16.8. The number of hydrogen-bond donors (Lipinski definition) is 18. The number of nitrogens with zero attached hydrogens (tertiary/aromatic N) is 4. The summed E-state index contributed by atoms with van der Waals surface area (Å²) in [5.74, 6) is -1.65. The maximum Gasteiger partial charge on any atom is 0.187 e. The van der Waals surface area contributed by atoms with Gasteiger partial charge in [0.15, 0.2) is 37.1 Å². The number of aliphatic hydroxyl groups is 10. The summed E-state index contributed by atoms with van der Waals surface area (Å²) in [4.78, 5) is 12.6. The third-order valence-electron chi connectivity index (χ3n) is 21.6. The summed E-state index contributed by atoms with van der Waals surface area (Å²) < 4.78 is 53.7. The summed E-state index contributed by atoms with van der Waals surface area (Å²) in [6.07, 6.45) is -23.1. The molecule has 4 saturated heterocycles. The van der Waals surface area contributed by atoms with Crippen molar-refractivity contribution in [3.63, 3.8) is 0 Å². The van der Waals surface area contributed by atoms with E-state index in [1.54, 1.807) is 13.8 Å². The summed E-state index contributed by atoms with van der Waals surface area (Å²) >= 11 is 0. The van der Waals surface area contributed by atoms with Crippen LogP contribution in [0, 0.1) is 5.92 Å². The second-order valence-corrected chi connectivity index (χ2v) is 28.8. The number of guanidine groups is 2. The van der Waals surface area contributed by atoms with Crippen molar-refractivity contribution in [2.45, 2.75) is 244 Å². The molecular weight excluding hydrogens is 1330 g/mol. The zero-order valence-corrected chi connectivity index (χ0v) is 59.6. The van der Waals surface area contributed by atoms with Crippen LogP contribution in [0.4, 0.5) is 0 Å². The van der Waals surface area contributed by atoms with E-state index in [-0.39, 0.29) is 38.4 Å². The van der Waals surface area contributed by atoms with E-state index < -0.39 is 176 Å². The molecule has 22 N–H and O–H groups in total. The summed E-state index contributed by atoms with van der Waals surface area (Å²) in [5.41, 5.74) is 23.7. The van der Waals surface area contributed by atoms with Crippen LogP contribution in [-0.4, -0.2) is 284 Å². The Labute approximate surface area is 602 Å². The number of benzene rings is 4. The number of likely N-dealkylation sites (N-methyl/N-ethyl adjacent to an activating group) is 2. The van der Waals surface area contributed by atoms with Crippen molar-refractivity contribution in [1.29, 1.82) is 0 Å². The molecule has 4 heterocycles. The number of rotatable bonds is 31. The normalized spacial score (nSPS) is 38.1. The number of hydrogen-bond acceptors (Lipinski definition) is 26. The molecule has 2 aliphatic carbocycles. The molecule has 6 fully saturated rings. The van der Waals surface area contributed by atoms with E-state index in [0.717, 1.165) is 22.3 Å². The number of aliphatic imine (C=N–C) groups is 2. The highest BCUT2D eigenvalue weighted by molar-refractivity contribution is 5.76. The van der Waals surface area contributed by atoms with Crippen molar-refractivity contribution >= 4 is 11.9 Å². The Kier molecular flexibility index (Phi) is 28.3. The third kappa shape index (κ3) is 19.2. The molecule has 2 saturated carbocycles. The van der Waals surface area contributed by atoms with E-state index in [1.807, 2.05) is 116 Å². The Morgan fingerprint density at radius 2 is 1.17 bits per heavy atom. The zero-order valence-electron chi connectivity index (χ0n) is 59.6. The maximum atomic E-state index is 13.4. The maximum absolute atomic E-state index is 13.4. The van der Waals surface area contributed by atoms with Gasteiger partial charge in [-0.05, 0) is 82.8 Å². The average Bonchev–Trinajstić information content (AvgIpc) is 1.69. The lowest BCUT2D eigenvalue weighted by atomic mass is 9.80. The second-order valence-electron chi connectivity index (χ2n) is 28.8. The Morgan fingerprint density at radius 3 is 1.72 bits per heavy atom. The molecule has 30 nitrogen and oxygen atoms in total. The van der Waals surface area contributed by atoms with Crippen LogP contribution >= 0.6 is 0 Å². The number of nitrogens with two attached hydrogens (primary N) is 4. The first-order valence-corrected chi connectivity index (χ1v) is 36.0. The third-order valence-corrected chi connectivity index (χ3v) is 21.6. The minimum Gasteiger partial charge on any atom is -0.394 e. The topological polar surface area (TPSA) is 460 Å². The molecule has 28 atom stereocenters. The van der Waals surface area contributed by atoms with Crippen molar-refractivity contribution in [2.24, 2.45) is 38.8 Å². The van der Waals surface area contributed by atoms with Crippen LogP contribution in [0.1, 0.15) is 75.6 Å². The van der Waals surface area contributed by atoms with Crippen LogP contribution in [0.25, 0.3) is 0 Å². The SMILES string of the molecule is CC[C@@H]1[C@@H](O)C(OC2C(NCc3ccccc3)C[C@H](NCc3ccccc3)C(OC3O[C@H](C(C)N(C)Cc4ccccc4)CC[C@H]3N(CCNC[C@@]3(O)C(O[C@@H]4OC(CO)[C@H](O)[C@H](O)C4NC)[C@H](OC4[C@@H](N=C(N)N)C(O)C(N=C(N)N)[C@@H](O)[C@H]4O)O[C@@H]3C)Cc3ccccc3)[C@@H]2O)OC[C@]1(C)O. The van der Waals surface area contributed by atoms with Crippen LogP contribution in [0.2, 0.25) is 0 Å². The van der Waals surface area contributed by atoms with Gasteiger partial charge in [-0.25, -0.2) is 9.98 Å². The molecule has 10 rings (SSSR count). The van der Waals surface area contributed by atoms with Gasteiger partial charge in [-0.1, -0.05) is 128 Å². The minimum atomic E-state index is -2.11. The molecule has 0 spiro atoms. The molecule has 30 heteroatoms. The summed E-state index contributed by atoms with van der Waals surface area (Å²) in [6, 6.07) is 34.0. The Balaban J connectivity index is 0.981. The number of ether oxygens (including phenoxy) is 8.